The van der Waals surface area contributed by atoms with Gasteiger partial charge in [-0.2, -0.15) is 0 Å². The summed E-state index contributed by atoms with van der Waals surface area (Å²) in [6.07, 6.45) is -0.441. The van der Waals surface area contributed by atoms with Crippen LogP contribution in [0.3, 0.4) is 0 Å². The number of nitrogens with one attached hydrogen (secondary N) is 1. The molecule has 0 aromatic heterocycles. The molecular formula is C19H19Cl3N2O5S. The van der Waals surface area contributed by atoms with Crippen LogP contribution in [0.4, 0.5) is 11.4 Å². The zero-order valence-electron chi connectivity index (χ0n) is 16.3. The predicted molar refractivity (Wildman–Crippen MR) is 118 cm³/mol. The number of benzene rings is 2. The number of esters is 1. The normalized spacial score (nSPS) is 11.3. The lowest BCUT2D eigenvalue weighted by Crippen LogP contribution is -2.37. The molecule has 162 valence electrons. The number of anilines is 2. The van der Waals surface area contributed by atoms with Crippen molar-refractivity contribution in [3.05, 3.63) is 51.5 Å². The summed E-state index contributed by atoms with van der Waals surface area (Å²) in [4.78, 5) is 23.3. The minimum atomic E-state index is -4.25. The number of carbonyl (C=O) groups excluding carboxylic acids is 2. The molecule has 0 saturated carbocycles. The smallest absolute Gasteiger partial charge is 0.327 e. The fraction of sp³-hybridized carbons (Fsp3) is 0.263. The molecule has 2 aromatic rings. The SMILES string of the molecule is CC(=O)Nc1ccc(S(=O)(=O)N(CC(=O)OC(C)C)c2cc(Cl)c(Cl)cc2Cl)cc1. The molecule has 0 heterocycles. The van der Waals surface area contributed by atoms with Gasteiger partial charge in [-0.3, -0.25) is 13.9 Å². The number of amides is 1. The summed E-state index contributed by atoms with van der Waals surface area (Å²) in [6, 6.07) is 8.00. The highest BCUT2D eigenvalue weighted by Crippen LogP contribution is 2.37. The van der Waals surface area contributed by atoms with Gasteiger partial charge in [-0.15, -0.1) is 0 Å². The molecule has 0 spiro atoms. The molecule has 0 aliphatic carbocycles. The lowest BCUT2D eigenvalue weighted by Gasteiger charge is -2.25. The van der Waals surface area contributed by atoms with Crippen LogP contribution >= 0.6 is 34.8 Å². The molecule has 0 aliphatic heterocycles. The van der Waals surface area contributed by atoms with Crippen LogP contribution in [0.2, 0.25) is 15.1 Å². The van der Waals surface area contributed by atoms with E-state index < -0.39 is 28.6 Å². The summed E-state index contributed by atoms with van der Waals surface area (Å²) in [5.41, 5.74) is 0.387. The molecule has 0 fully saturated rings. The average molecular weight is 494 g/mol. The van der Waals surface area contributed by atoms with Gasteiger partial charge in [0.05, 0.1) is 31.8 Å². The van der Waals surface area contributed by atoms with Crippen LogP contribution in [-0.4, -0.2) is 32.9 Å². The lowest BCUT2D eigenvalue weighted by atomic mass is 10.3. The first kappa shape index (κ1) is 24.3. The van der Waals surface area contributed by atoms with E-state index in [9.17, 15) is 18.0 Å². The fourth-order valence-corrected chi connectivity index (χ4v) is 4.57. The van der Waals surface area contributed by atoms with E-state index in [1.165, 1.54) is 43.3 Å². The Kier molecular flexibility index (Phi) is 7.99. The van der Waals surface area contributed by atoms with E-state index in [-0.39, 0.29) is 31.6 Å². The van der Waals surface area contributed by atoms with Crippen LogP contribution in [0.5, 0.6) is 0 Å². The number of halogens is 3. The molecule has 2 rings (SSSR count). The summed E-state index contributed by atoms with van der Waals surface area (Å²) in [6.45, 7) is 3.98. The van der Waals surface area contributed by atoms with Crippen LogP contribution in [-0.2, 0) is 24.3 Å². The molecule has 0 bridgehead atoms. The van der Waals surface area contributed by atoms with Gasteiger partial charge in [-0.05, 0) is 50.2 Å². The van der Waals surface area contributed by atoms with Gasteiger partial charge in [0, 0.05) is 12.6 Å². The molecule has 0 saturated heterocycles. The third-order valence-electron chi connectivity index (χ3n) is 3.66. The molecule has 7 nitrogen and oxygen atoms in total. The Labute approximate surface area is 189 Å². The van der Waals surface area contributed by atoms with Gasteiger partial charge in [0.1, 0.15) is 6.54 Å². The molecular weight excluding hydrogens is 475 g/mol. The zero-order valence-corrected chi connectivity index (χ0v) is 19.4. The lowest BCUT2D eigenvalue weighted by molar-refractivity contribution is -0.145. The maximum atomic E-state index is 13.3. The second-order valence-corrected chi connectivity index (χ2v) is 9.56. The molecule has 0 unspecified atom stereocenters. The van der Waals surface area contributed by atoms with Gasteiger partial charge >= 0.3 is 5.97 Å². The van der Waals surface area contributed by atoms with Crippen molar-refractivity contribution in [3.63, 3.8) is 0 Å². The van der Waals surface area contributed by atoms with E-state index in [0.29, 0.717) is 5.69 Å². The average Bonchev–Trinajstić information content (AvgIpc) is 2.62. The maximum absolute atomic E-state index is 13.3. The number of ether oxygens (including phenoxy) is 1. The van der Waals surface area contributed by atoms with Crippen molar-refractivity contribution in [2.45, 2.75) is 31.8 Å². The molecule has 30 heavy (non-hydrogen) atoms. The number of hydrogen-bond donors (Lipinski definition) is 1. The Hall–Kier alpha value is -2.00. The first-order valence-corrected chi connectivity index (χ1v) is 11.2. The predicted octanol–water partition coefficient (Wildman–Crippen LogP) is 4.75. The second-order valence-electron chi connectivity index (χ2n) is 6.47. The molecule has 0 aliphatic rings. The molecule has 11 heteroatoms. The summed E-state index contributed by atoms with van der Waals surface area (Å²) >= 11 is 18.2. The number of carbonyl (C=O) groups is 2. The van der Waals surface area contributed by atoms with Gasteiger partial charge in [0.2, 0.25) is 5.91 Å². The highest BCUT2D eigenvalue weighted by molar-refractivity contribution is 7.92. The van der Waals surface area contributed by atoms with Crippen molar-refractivity contribution in [2.24, 2.45) is 0 Å². The summed E-state index contributed by atoms with van der Waals surface area (Å²) in [5, 5.41) is 2.73. The Bertz CT molecular complexity index is 1060. The van der Waals surface area contributed by atoms with Crippen molar-refractivity contribution < 1.29 is 22.7 Å². The van der Waals surface area contributed by atoms with Crippen LogP contribution in [0.25, 0.3) is 0 Å². The number of sulfonamides is 1. The Morgan fingerprint density at radius 3 is 2.13 bits per heavy atom. The van der Waals surface area contributed by atoms with Crippen LogP contribution < -0.4 is 9.62 Å². The van der Waals surface area contributed by atoms with Crippen molar-refractivity contribution in [3.8, 4) is 0 Å². The van der Waals surface area contributed by atoms with Crippen molar-refractivity contribution in [1.29, 1.82) is 0 Å². The van der Waals surface area contributed by atoms with E-state index >= 15 is 0 Å². The standard InChI is InChI=1S/C19H19Cl3N2O5S/c1-11(2)29-19(26)10-24(18-9-16(21)15(20)8-17(18)22)30(27,28)14-6-4-13(5-7-14)23-12(3)25/h4-9,11H,10H2,1-3H3,(H,23,25). The Balaban J connectivity index is 2.53. The first-order valence-electron chi connectivity index (χ1n) is 8.66. The van der Waals surface area contributed by atoms with Crippen LogP contribution in [0, 0.1) is 0 Å². The second kappa shape index (κ2) is 9.87. The van der Waals surface area contributed by atoms with E-state index in [4.69, 9.17) is 39.5 Å². The minimum absolute atomic E-state index is 0.0137. The fourth-order valence-electron chi connectivity index (χ4n) is 2.46. The van der Waals surface area contributed by atoms with E-state index in [1.54, 1.807) is 13.8 Å². The summed E-state index contributed by atoms with van der Waals surface area (Å²) in [5.74, 6) is -1.07. The highest BCUT2D eigenvalue weighted by Gasteiger charge is 2.30. The molecule has 1 N–H and O–H groups in total. The monoisotopic (exact) mass is 492 g/mol. The molecule has 0 atom stereocenters. The van der Waals surface area contributed by atoms with Gasteiger partial charge in [0.15, 0.2) is 0 Å². The van der Waals surface area contributed by atoms with E-state index in [1.807, 2.05) is 0 Å². The largest absolute Gasteiger partial charge is 0.462 e. The highest BCUT2D eigenvalue weighted by atomic mass is 35.5. The van der Waals surface area contributed by atoms with Crippen molar-refractivity contribution in [1.82, 2.24) is 0 Å². The van der Waals surface area contributed by atoms with E-state index in [2.05, 4.69) is 5.32 Å². The van der Waals surface area contributed by atoms with Gasteiger partial charge in [0.25, 0.3) is 10.0 Å². The van der Waals surface area contributed by atoms with Gasteiger partial charge in [-0.25, -0.2) is 8.42 Å². The van der Waals surface area contributed by atoms with Crippen LogP contribution in [0.15, 0.2) is 41.3 Å². The molecule has 1 amide bonds. The summed E-state index contributed by atoms with van der Waals surface area (Å²) < 4.78 is 32.6. The van der Waals surface area contributed by atoms with Crippen LogP contribution in [0.1, 0.15) is 20.8 Å². The Morgan fingerprint density at radius 2 is 1.60 bits per heavy atom. The number of nitrogens with zero attached hydrogens (tertiary/aromatic N) is 1. The number of hydrogen-bond acceptors (Lipinski definition) is 5. The molecule has 2 aromatic carbocycles. The third-order valence-corrected chi connectivity index (χ3v) is 6.46. The van der Waals surface area contributed by atoms with Gasteiger partial charge in [-0.1, -0.05) is 34.8 Å². The summed E-state index contributed by atoms with van der Waals surface area (Å²) in [7, 11) is -4.25. The van der Waals surface area contributed by atoms with E-state index in [0.717, 1.165) is 4.31 Å². The molecule has 0 radical (unpaired) electrons. The number of rotatable bonds is 7. The van der Waals surface area contributed by atoms with Crippen molar-refractivity contribution in [2.75, 3.05) is 16.2 Å². The third kappa shape index (κ3) is 6.01. The first-order chi connectivity index (χ1) is 13.9. The minimum Gasteiger partial charge on any atom is -0.462 e. The van der Waals surface area contributed by atoms with Crippen molar-refractivity contribution >= 4 is 68.1 Å². The topological polar surface area (TPSA) is 92.8 Å². The maximum Gasteiger partial charge on any atom is 0.327 e. The Morgan fingerprint density at radius 1 is 1.03 bits per heavy atom. The quantitative estimate of drug-likeness (QED) is 0.444. The zero-order chi connectivity index (χ0) is 22.6. The van der Waals surface area contributed by atoms with Gasteiger partial charge < -0.3 is 10.1 Å².